The van der Waals surface area contributed by atoms with Crippen LogP contribution < -0.4 is 0 Å². The van der Waals surface area contributed by atoms with Crippen molar-refractivity contribution >= 4 is 5.97 Å². The first-order valence-corrected chi connectivity index (χ1v) is 4.66. The number of hydrogen-bond donors (Lipinski definition) is 0. The lowest BCUT2D eigenvalue weighted by atomic mass is 10.2. The van der Waals surface area contributed by atoms with E-state index in [2.05, 4.69) is 6.92 Å². The number of carbonyl (C=O) groups excluding carboxylic acids is 1. The molecule has 1 fully saturated rings. The van der Waals surface area contributed by atoms with Crippen molar-refractivity contribution in [2.24, 2.45) is 0 Å². The van der Waals surface area contributed by atoms with E-state index in [1.165, 1.54) is 6.08 Å². The number of hydrogen-bond acceptors (Lipinski definition) is 3. The molecule has 74 valence electrons. The largest absolute Gasteiger partial charge is 0.427 e. The van der Waals surface area contributed by atoms with Gasteiger partial charge in [0.05, 0.1) is 0 Å². The van der Waals surface area contributed by atoms with E-state index in [0.717, 1.165) is 12.8 Å². The molecule has 3 nitrogen and oxygen atoms in total. The van der Waals surface area contributed by atoms with Gasteiger partial charge in [-0.1, -0.05) is 19.4 Å². The summed E-state index contributed by atoms with van der Waals surface area (Å²) in [6, 6.07) is 0. The maximum Gasteiger partial charge on any atom is 0.333 e. The topological polar surface area (TPSA) is 38.8 Å². The van der Waals surface area contributed by atoms with Gasteiger partial charge in [0.25, 0.3) is 0 Å². The average molecular weight is 184 g/mol. The predicted molar refractivity (Wildman–Crippen MR) is 49.1 cm³/mol. The van der Waals surface area contributed by atoms with Crippen molar-refractivity contribution in [1.29, 1.82) is 0 Å². The van der Waals surface area contributed by atoms with Crippen molar-refractivity contribution < 1.29 is 14.3 Å². The van der Waals surface area contributed by atoms with E-state index in [-0.39, 0.29) is 12.1 Å². The molecule has 0 aliphatic carbocycles. The molecule has 2 atom stereocenters. The summed E-state index contributed by atoms with van der Waals surface area (Å²) in [7, 11) is 0. The zero-order valence-electron chi connectivity index (χ0n) is 8.37. The van der Waals surface area contributed by atoms with Gasteiger partial charge in [-0.25, -0.2) is 4.79 Å². The predicted octanol–water partition coefficient (Wildman–Crippen LogP) is 2.02. The van der Waals surface area contributed by atoms with Crippen LogP contribution in [0.1, 0.15) is 33.6 Å². The van der Waals surface area contributed by atoms with Gasteiger partial charge in [-0.3, -0.25) is 0 Å². The first-order valence-electron chi connectivity index (χ1n) is 4.66. The van der Waals surface area contributed by atoms with Crippen LogP contribution in [-0.4, -0.2) is 17.9 Å². The first kappa shape index (κ1) is 10.3. The van der Waals surface area contributed by atoms with E-state index in [9.17, 15) is 4.79 Å². The highest BCUT2D eigenvalue weighted by atomic mass is 16.8. The quantitative estimate of drug-likeness (QED) is 0.381. The molecule has 0 amide bonds. The van der Waals surface area contributed by atoms with Crippen molar-refractivity contribution in [2.45, 2.75) is 45.5 Å². The van der Waals surface area contributed by atoms with E-state index in [1.54, 1.807) is 19.9 Å². The number of ether oxygens (including phenoxy) is 2. The van der Waals surface area contributed by atoms with E-state index < -0.39 is 5.79 Å². The Morgan fingerprint density at radius 3 is 2.92 bits per heavy atom. The highest BCUT2D eigenvalue weighted by molar-refractivity contribution is 5.82. The summed E-state index contributed by atoms with van der Waals surface area (Å²) < 4.78 is 10.4. The lowest BCUT2D eigenvalue weighted by Crippen LogP contribution is -2.18. The third-order valence-corrected chi connectivity index (χ3v) is 2.06. The van der Waals surface area contributed by atoms with Crippen molar-refractivity contribution in [1.82, 2.24) is 0 Å². The van der Waals surface area contributed by atoms with Gasteiger partial charge >= 0.3 is 5.97 Å². The molecule has 1 aliphatic rings. The molecule has 1 heterocycles. The third kappa shape index (κ3) is 2.56. The lowest BCUT2D eigenvalue weighted by Gasteiger charge is -2.05. The van der Waals surface area contributed by atoms with E-state index in [0.29, 0.717) is 0 Å². The summed E-state index contributed by atoms with van der Waals surface area (Å²) in [5, 5.41) is 0. The normalized spacial score (nSPS) is 32.1. The Kier molecular flexibility index (Phi) is 3.09. The summed E-state index contributed by atoms with van der Waals surface area (Å²) in [5.41, 5.74) is 0. The van der Waals surface area contributed by atoms with Crippen LogP contribution in [-0.2, 0) is 14.3 Å². The minimum atomic E-state index is -0.660. The molecule has 0 saturated carbocycles. The SMILES string of the molecule is CC=CC(=O)OC1(C)OC1CCC. The molecule has 3 heteroatoms. The van der Waals surface area contributed by atoms with Gasteiger partial charge in [-0.15, -0.1) is 0 Å². The van der Waals surface area contributed by atoms with E-state index in [4.69, 9.17) is 9.47 Å². The first-order chi connectivity index (χ1) is 6.12. The number of epoxide rings is 1. The molecule has 0 aromatic heterocycles. The van der Waals surface area contributed by atoms with Crippen LogP contribution in [0.25, 0.3) is 0 Å². The Bertz CT molecular complexity index is 222. The van der Waals surface area contributed by atoms with E-state index >= 15 is 0 Å². The van der Waals surface area contributed by atoms with Crippen LogP contribution in [0.3, 0.4) is 0 Å². The fourth-order valence-corrected chi connectivity index (χ4v) is 1.29. The molecular formula is C10H16O3. The summed E-state index contributed by atoms with van der Waals surface area (Å²) in [5.74, 6) is -0.990. The van der Waals surface area contributed by atoms with Gasteiger partial charge in [-0.05, 0) is 13.3 Å². The minimum absolute atomic E-state index is 0.0895. The Labute approximate surface area is 78.7 Å². The second-order valence-electron chi connectivity index (χ2n) is 3.33. The van der Waals surface area contributed by atoms with Crippen LogP contribution in [0.2, 0.25) is 0 Å². The monoisotopic (exact) mass is 184 g/mol. The third-order valence-electron chi connectivity index (χ3n) is 2.06. The zero-order valence-corrected chi connectivity index (χ0v) is 8.37. The Balaban J connectivity index is 2.34. The molecule has 0 N–H and O–H groups in total. The smallest absolute Gasteiger partial charge is 0.333 e. The number of rotatable bonds is 4. The van der Waals surface area contributed by atoms with Crippen LogP contribution in [0, 0.1) is 0 Å². The second-order valence-corrected chi connectivity index (χ2v) is 3.33. The molecule has 1 saturated heterocycles. The second kappa shape index (κ2) is 3.92. The zero-order chi connectivity index (χ0) is 9.90. The van der Waals surface area contributed by atoms with Crippen LogP contribution in [0.4, 0.5) is 0 Å². The number of allylic oxidation sites excluding steroid dienone is 1. The van der Waals surface area contributed by atoms with Crippen LogP contribution in [0.5, 0.6) is 0 Å². The summed E-state index contributed by atoms with van der Waals surface area (Å²) in [6.45, 7) is 5.66. The Hall–Kier alpha value is -0.830. The molecule has 0 spiro atoms. The fourth-order valence-electron chi connectivity index (χ4n) is 1.29. The van der Waals surface area contributed by atoms with Gasteiger partial charge in [0.1, 0.15) is 6.10 Å². The van der Waals surface area contributed by atoms with Crippen molar-refractivity contribution in [2.75, 3.05) is 0 Å². The molecule has 1 rings (SSSR count). The highest BCUT2D eigenvalue weighted by Crippen LogP contribution is 2.40. The molecule has 0 aromatic carbocycles. The maximum atomic E-state index is 11.1. The molecular weight excluding hydrogens is 168 g/mol. The van der Waals surface area contributed by atoms with Crippen LogP contribution in [0.15, 0.2) is 12.2 Å². The molecule has 0 aromatic rings. The van der Waals surface area contributed by atoms with Gasteiger partial charge in [-0.2, -0.15) is 0 Å². The number of esters is 1. The van der Waals surface area contributed by atoms with Crippen LogP contribution >= 0.6 is 0 Å². The van der Waals surface area contributed by atoms with Crippen molar-refractivity contribution in [3.05, 3.63) is 12.2 Å². The standard InChI is InChI=1S/C10H16O3/c1-4-6-8-10(3,12-8)13-9(11)7-5-2/h5,7-8H,4,6H2,1-3H3. The van der Waals surface area contributed by atoms with Gasteiger partial charge in [0, 0.05) is 13.0 Å². The summed E-state index contributed by atoms with van der Waals surface area (Å²) in [4.78, 5) is 11.1. The molecule has 0 bridgehead atoms. The summed E-state index contributed by atoms with van der Waals surface area (Å²) >= 11 is 0. The van der Waals surface area contributed by atoms with Gasteiger partial charge in [0.15, 0.2) is 0 Å². The van der Waals surface area contributed by atoms with Crippen molar-refractivity contribution in [3.8, 4) is 0 Å². The molecule has 2 unspecified atom stereocenters. The van der Waals surface area contributed by atoms with E-state index in [1.807, 2.05) is 0 Å². The number of carbonyl (C=O) groups is 1. The molecule has 0 radical (unpaired) electrons. The summed E-state index contributed by atoms with van der Waals surface area (Å²) in [6.07, 6.45) is 5.13. The highest BCUT2D eigenvalue weighted by Gasteiger charge is 2.55. The van der Waals surface area contributed by atoms with Gasteiger partial charge in [0.2, 0.25) is 5.79 Å². The maximum absolute atomic E-state index is 11.1. The Morgan fingerprint density at radius 2 is 2.38 bits per heavy atom. The average Bonchev–Trinajstić information content (AvgIpc) is 2.62. The Morgan fingerprint density at radius 1 is 1.69 bits per heavy atom. The molecule has 1 aliphatic heterocycles. The minimum Gasteiger partial charge on any atom is -0.427 e. The lowest BCUT2D eigenvalue weighted by molar-refractivity contribution is -0.150. The van der Waals surface area contributed by atoms with Gasteiger partial charge < -0.3 is 9.47 Å². The van der Waals surface area contributed by atoms with Crippen molar-refractivity contribution in [3.63, 3.8) is 0 Å². The fraction of sp³-hybridized carbons (Fsp3) is 0.700. The molecule has 13 heavy (non-hydrogen) atoms.